The van der Waals surface area contributed by atoms with Crippen molar-refractivity contribution in [2.24, 2.45) is 4.99 Å². The highest BCUT2D eigenvalue weighted by Gasteiger charge is 2.21. The summed E-state index contributed by atoms with van der Waals surface area (Å²) in [4.78, 5) is 28.1. The van der Waals surface area contributed by atoms with Crippen LogP contribution in [0.25, 0.3) is 23.5 Å². The van der Waals surface area contributed by atoms with Crippen molar-refractivity contribution in [3.63, 3.8) is 0 Å². The van der Waals surface area contributed by atoms with Crippen LogP contribution in [-0.4, -0.2) is 24.4 Å². The topological polar surface area (TPSA) is 78.1 Å². The van der Waals surface area contributed by atoms with Crippen LogP contribution in [0.1, 0.15) is 28.6 Å². The molecule has 154 valence electrons. The lowest BCUT2D eigenvalue weighted by Gasteiger charge is -2.02. The summed E-state index contributed by atoms with van der Waals surface area (Å²) in [5.41, 5.74) is 2.40. The smallest absolute Gasteiger partial charge is 0.363 e. The van der Waals surface area contributed by atoms with Gasteiger partial charge in [0.2, 0.25) is 5.90 Å². The molecule has 0 unspecified atom stereocenters. The number of carbonyl (C=O) groups is 2. The fourth-order valence-electron chi connectivity index (χ4n) is 2.93. The van der Waals surface area contributed by atoms with E-state index in [1.807, 2.05) is 36.4 Å². The SMILES string of the molecule is CCOC(=O)c1ccc(-c2ccc(/C=C3N=C(/C=C/c4ccccc4)OC/3=O)o2)cc1. The second-order valence-corrected chi connectivity index (χ2v) is 6.61. The molecule has 0 amide bonds. The second kappa shape index (κ2) is 9.09. The molecule has 4 rings (SSSR count). The van der Waals surface area contributed by atoms with E-state index in [1.54, 1.807) is 49.4 Å². The molecule has 1 aliphatic rings. The van der Waals surface area contributed by atoms with Gasteiger partial charge in [0.15, 0.2) is 5.70 Å². The van der Waals surface area contributed by atoms with Gasteiger partial charge >= 0.3 is 11.9 Å². The van der Waals surface area contributed by atoms with Crippen LogP contribution in [0, 0.1) is 0 Å². The van der Waals surface area contributed by atoms with E-state index in [2.05, 4.69) is 4.99 Å². The van der Waals surface area contributed by atoms with Gasteiger partial charge in [-0.05, 0) is 42.8 Å². The standard InChI is InChI=1S/C25H19NO5/c1-2-29-24(27)19-11-9-18(10-12-19)22-14-13-20(30-22)16-21-25(28)31-23(26-21)15-8-17-6-4-3-5-7-17/h3-16H,2H2,1H3/b15-8+,21-16+. The number of furan rings is 1. The van der Waals surface area contributed by atoms with E-state index in [0.29, 0.717) is 23.7 Å². The van der Waals surface area contributed by atoms with E-state index < -0.39 is 5.97 Å². The molecule has 3 aromatic rings. The van der Waals surface area contributed by atoms with Crippen molar-refractivity contribution in [3.8, 4) is 11.3 Å². The third kappa shape index (κ3) is 4.87. The summed E-state index contributed by atoms with van der Waals surface area (Å²) in [6.45, 7) is 2.09. The van der Waals surface area contributed by atoms with Crippen LogP contribution in [0.3, 0.4) is 0 Å². The highest BCUT2D eigenvalue weighted by molar-refractivity contribution is 6.11. The summed E-state index contributed by atoms with van der Waals surface area (Å²) >= 11 is 0. The molecule has 0 bridgehead atoms. The van der Waals surface area contributed by atoms with Crippen molar-refractivity contribution in [2.75, 3.05) is 6.61 Å². The zero-order valence-electron chi connectivity index (χ0n) is 16.8. The lowest BCUT2D eigenvalue weighted by molar-refractivity contribution is -0.129. The van der Waals surface area contributed by atoms with Crippen LogP contribution in [0.4, 0.5) is 0 Å². The van der Waals surface area contributed by atoms with E-state index in [0.717, 1.165) is 11.1 Å². The zero-order chi connectivity index (χ0) is 21.6. The summed E-state index contributed by atoms with van der Waals surface area (Å²) in [5, 5.41) is 0. The van der Waals surface area contributed by atoms with Gasteiger partial charge < -0.3 is 13.9 Å². The Bertz CT molecular complexity index is 1180. The van der Waals surface area contributed by atoms with Crippen molar-refractivity contribution >= 4 is 30.0 Å². The summed E-state index contributed by atoms with van der Waals surface area (Å²) in [6.07, 6.45) is 4.99. The molecule has 0 spiro atoms. The average molecular weight is 413 g/mol. The van der Waals surface area contributed by atoms with E-state index in [4.69, 9.17) is 13.9 Å². The van der Waals surface area contributed by atoms with Gasteiger partial charge in [-0.25, -0.2) is 14.6 Å². The minimum absolute atomic E-state index is 0.159. The van der Waals surface area contributed by atoms with Crippen LogP contribution < -0.4 is 0 Å². The van der Waals surface area contributed by atoms with Crippen molar-refractivity contribution in [3.05, 3.63) is 95.4 Å². The summed E-state index contributed by atoms with van der Waals surface area (Å²) in [5.74, 6) is 0.384. The third-order valence-corrected chi connectivity index (χ3v) is 4.44. The number of aliphatic imine (C=N–C) groups is 1. The van der Waals surface area contributed by atoms with E-state index in [9.17, 15) is 9.59 Å². The molecule has 1 aliphatic heterocycles. The van der Waals surface area contributed by atoms with Crippen LogP contribution in [0.15, 0.2) is 87.9 Å². The lowest BCUT2D eigenvalue weighted by atomic mass is 10.1. The Hall–Kier alpha value is -4.19. The Morgan fingerprint density at radius 1 is 1.00 bits per heavy atom. The molecule has 0 radical (unpaired) electrons. The number of cyclic esters (lactones) is 1. The molecule has 2 aromatic carbocycles. The van der Waals surface area contributed by atoms with Gasteiger partial charge in [0, 0.05) is 17.7 Å². The normalized spacial score (nSPS) is 14.7. The first-order valence-electron chi connectivity index (χ1n) is 9.75. The van der Waals surface area contributed by atoms with E-state index in [1.165, 1.54) is 6.08 Å². The first kappa shape index (κ1) is 20.1. The Morgan fingerprint density at radius 3 is 2.52 bits per heavy atom. The molecular formula is C25H19NO5. The van der Waals surface area contributed by atoms with Gasteiger partial charge in [0.05, 0.1) is 12.2 Å². The zero-order valence-corrected chi connectivity index (χ0v) is 16.8. The van der Waals surface area contributed by atoms with Crippen molar-refractivity contribution < 1.29 is 23.5 Å². The Morgan fingerprint density at radius 2 is 1.77 bits per heavy atom. The molecule has 6 nitrogen and oxygen atoms in total. The van der Waals surface area contributed by atoms with Gasteiger partial charge in [0.1, 0.15) is 11.5 Å². The summed E-state index contributed by atoms with van der Waals surface area (Å²) in [6, 6.07) is 20.1. The molecule has 31 heavy (non-hydrogen) atoms. The number of nitrogens with zero attached hydrogens (tertiary/aromatic N) is 1. The van der Waals surface area contributed by atoms with Gasteiger partial charge in [-0.2, -0.15) is 0 Å². The van der Waals surface area contributed by atoms with Gasteiger partial charge in [-0.3, -0.25) is 0 Å². The summed E-state index contributed by atoms with van der Waals surface area (Å²) < 4.78 is 16.0. The maximum atomic E-state index is 12.1. The molecule has 1 aromatic heterocycles. The number of carbonyl (C=O) groups excluding carboxylic acids is 2. The first-order valence-corrected chi connectivity index (χ1v) is 9.75. The van der Waals surface area contributed by atoms with E-state index >= 15 is 0 Å². The number of benzene rings is 2. The third-order valence-electron chi connectivity index (χ3n) is 4.44. The molecule has 0 atom stereocenters. The molecule has 0 fully saturated rings. The fraction of sp³-hybridized carbons (Fsp3) is 0.0800. The molecular weight excluding hydrogens is 394 g/mol. The quantitative estimate of drug-likeness (QED) is 0.413. The maximum Gasteiger partial charge on any atom is 0.363 e. The monoisotopic (exact) mass is 413 g/mol. The minimum atomic E-state index is -0.538. The Balaban J connectivity index is 1.48. The van der Waals surface area contributed by atoms with E-state index in [-0.39, 0.29) is 17.6 Å². The van der Waals surface area contributed by atoms with Gasteiger partial charge in [0.25, 0.3) is 0 Å². The Labute approximate surface area is 179 Å². The number of ether oxygens (including phenoxy) is 2. The molecule has 2 heterocycles. The largest absolute Gasteiger partial charge is 0.462 e. The van der Waals surface area contributed by atoms with Crippen LogP contribution in [0.2, 0.25) is 0 Å². The highest BCUT2D eigenvalue weighted by Crippen LogP contribution is 2.25. The fourth-order valence-corrected chi connectivity index (χ4v) is 2.93. The number of esters is 2. The molecule has 0 saturated heterocycles. The first-order chi connectivity index (χ1) is 15.1. The number of hydrogen-bond acceptors (Lipinski definition) is 6. The van der Waals surface area contributed by atoms with Crippen LogP contribution >= 0.6 is 0 Å². The predicted octanol–water partition coefficient (Wildman–Crippen LogP) is 5.13. The van der Waals surface area contributed by atoms with Crippen molar-refractivity contribution in [1.29, 1.82) is 0 Å². The minimum Gasteiger partial charge on any atom is -0.462 e. The lowest BCUT2D eigenvalue weighted by Crippen LogP contribution is -2.03. The number of hydrogen-bond donors (Lipinski definition) is 0. The van der Waals surface area contributed by atoms with Crippen LogP contribution in [0.5, 0.6) is 0 Å². The van der Waals surface area contributed by atoms with Crippen LogP contribution in [-0.2, 0) is 14.3 Å². The predicted molar refractivity (Wildman–Crippen MR) is 117 cm³/mol. The maximum absolute atomic E-state index is 12.1. The van der Waals surface area contributed by atoms with Crippen molar-refractivity contribution in [1.82, 2.24) is 0 Å². The highest BCUT2D eigenvalue weighted by atomic mass is 16.6. The van der Waals surface area contributed by atoms with Gasteiger partial charge in [-0.15, -0.1) is 0 Å². The molecule has 6 heteroatoms. The molecule has 0 N–H and O–H groups in total. The number of rotatable bonds is 6. The average Bonchev–Trinajstić information content (AvgIpc) is 3.40. The second-order valence-electron chi connectivity index (χ2n) is 6.61. The Kier molecular flexibility index (Phi) is 5.89. The summed E-state index contributed by atoms with van der Waals surface area (Å²) in [7, 11) is 0. The molecule has 0 saturated carbocycles. The van der Waals surface area contributed by atoms with Gasteiger partial charge in [-0.1, -0.05) is 42.5 Å². The van der Waals surface area contributed by atoms with Crippen molar-refractivity contribution in [2.45, 2.75) is 6.92 Å². The molecule has 0 aliphatic carbocycles.